The van der Waals surface area contributed by atoms with Crippen LogP contribution in [0, 0.1) is 12.8 Å². The maximum absolute atomic E-state index is 12.8. The molecule has 1 saturated heterocycles. The fourth-order valence-corrected chi connectivity index (χ4v) is 4.22. The summed E-state index contributed by atoms with van der Waals surface area (Å²) >= 11 is 1.56. The molecule has 3 unspecified atom stereocenters. The van der Waals surface area contributed by atoms with E-state index >= 15 is 0 Å². The molecule has 0 saturated carbocycles. The van der Waals surface area contributed by atoms with Crippen LogP contribution in [0.25, 0.3) is 0 Å². The van der Waals surface area contributed by atoms with E-state index in [4.69, 9.17) is 0 Å². The lowest BCUT2D eigenvalue weighted by molar-refractivity contribution is -0.129. The van der Waals surface area contributed by atoms with E-state index in [1.807, 2.05) is 48.7 Å². The third kappa shape index (κ3) is 3.97. The summed E-state index contributed by atoms with van der Waals surface area (Å²) in [6.45, 7) is 3.86. The number of carbonyl (C=O) groups excluding carboxylic acids is 2. The molecule has 3 atom stereocenters. The number of hydrogen-bond donors (Lipinski definition) is 2. The first kappa shape index (κ1) is 18.6. The molecule has 0 bridgehead atoms. The van der Waals surface area contributed by atoms with Crippen LogP contribution in [0.2, 0.25) is 0 Å². The van der Waals surface area contributed by atoms with Gasteiger partial charge in [0.2, 0.25) is 11.8 Å². The van der Waals surface area contributed by atoms with Crippen LogP contribution in [0.1, 0.15) is 36.2 Å². The topological polar surface area (TPSA) is 69.6 Å². The van der Waals surface area contributed by atoms with E-state index in [9.17, 15) is 14.7 Å². The summed E-state index contributed by atoms with van der Waals surface area (Å²) in [5.41, 5.74) is 1.93. The number of amides is 2. The lowest BCUT2D eigenvalue weighted by Gasteiger charge is -2.40. The van der Waals surface area contributed by atoms with Crippen molar-refractivity contribution in [1.29, 1.82) is 0 Å². The van der Waals surface area contributed by atoms with Gasteiger partial charge < -0.3 is 15.3 Å². The van der Waals surface area contributed by atoms with Crippen LogP contribution in [0.4, 0.5) is 5.69 Å². The fraction of sp³-hybridized carbons (Fsp3) is 0.400. The zero-order valence-corrected chi connectivity index (χ0v) is 15.8. The zero-order valence-electron chi connectivity index (χ0n) is 15.0. The molecular weight excluding hydrogens is 348 g/mol. The molecule has 26 heavy (non-hydrogen) atoms. The van der Waals surface area contributed by atoms with Gasteiger partial charge in [0, 0.05) is 23.5 Å². The first-order valence-corrected chi connectivity index (χ1v) is 9.73. The number of nitrogens with zero attached hydrogens (tertiary/aromatic N) is 1. The normalized spacial score (nSPS) is 21.5. The Morgan fingerprint density at radius 3 is 2.69 bits per heavy atom. The van der Waals surface area contributed by atoms with Crippen molar-refractivity contribution in [2.24, 2.45) is 5.92 Å². The van der Waals surface area contributed by atoms with Crippen LogP contribution in [-0.2, 0) is 9.59 Å². The summed E-state index contributed by atoms with van der Waals surface area (Å²) in [6, 6.07) is 11.4. The van der Waals surface area contributed by atoms with Crippen molar-refractivity contribution in [3.63, 3.8) is 0 Å². The van der Waals surface area contributed by atoms with Gasteiger partial charge in [-0.2, -0.15) is 0 Å². The SMILES string of the molecule is Cc1ccc(N2C(=O)CCC(C(=O)NCC(C)O)C2c2cccs2)cc1. The van der Waals surface area contributed by atoms with Gasteiger partial charge in [-0.25, -0.2) is 0 Å². The maximum atomic E-state index is 12.8. The highest BCUT2D eigenvalue weighted by atomic mass is 32.1. The van der Waals surface area contributed by atoms with Gasteiger partial charge >= 0.3 is 0 Å². The second-order valence-electron chi connectivity index (χ2n) is 6.80. The van der Waals surface area contributed by atoms with Crippen molar-refractivity contribution >= 4 is 28.8 Å². The smallest absolute Gasteiger partial charge is 0.227 e. The highest BCUT2D eigenvalue weighted by Gasteiger charge is 2.41. The largest absolute Gasteiger partial charge is 0.392 e. The molecule has 138 valence electrons. The lowest BCUT2D eigenvalue weighted by Crippen LogP contribution is -2.48. The average Bonchev–Trinajstić information content (AvgIpc) is 3.14. The second-order valence-corrected chi connectivity index (χ2v) is 7.78. The third-order valence-corrected chi connectivity index (χ3v) is 5.60. The highest BCUT2D eigenvalue weighted by molar-refractivity contribution is 7.10. The van der Waals surface area contributed by atoms with Crippen LogP contribution in [0.3, 0.4) is 0 Å². The van der Waals surface area contributed by atoms with E-state index in [1.54, 1.807) is 23.2 Å². The number of hydrogen-bond acceptors (Lipinski definition) is 4. The molecule has 1 fully saturated rings. The number of aryl methyl sites for hydroxylation is 1. The lowest BCUT2D eigenvalue weighted by atomic mass is 9.86. The predicted molar refractivity (Wildman–Crippen MR) is 103 cm³/mol. The van der Waals surface area contributed by atoms with Crippen LogP contribution >= 0.6 is 11.3 Å². The van der Waals surface area contributed by atoms with Crippen molar-refractivity contribution in [1.82, 2.24) is 5.32 Å². The van der Waals surface area contributed by atoms with Crippen LogP contribution in [0.5, 0.6) is 0 Å². The molecule has 1 aliphatic heterocycles. The van der Waals surface area contributed by atoms with E-state index in [-0.39, 0.29) is 30.3 Å². The Hall–Kier alpha value is -2.18. The maximum Gasteiger partial charge on any atom is 0.227 e. The number of nitrogens with one attached hydrogen (secondary N) is 1. The number of carbonyl (C=O) groups is 2. The van der Waals surface area contributed by atoms with Crippen LogP contribution in [0.15, 0.2) is 41.8 Å². The van der Waals surface area contributed by atoms with Crippen molar-refractivity contribution in [3.8, 4) is 0 Å². The zero-order chi connectivity index (χ0) is 18.7. The van der Waals surface area contributed by atoms with Gasteiger partial charge in [0.05, 0.1) is 18.1 Å². The Kier molecular flexibility index (Phi) is 5.74. The molecule has 0 aliphatic carbocycles. The number of rotatable bonds is 5. The molecule has 0 spiro atoms. The Labute approximate surface area is 157 Å². The summed E-state index contributed by atoms with van der Waals surface area (Å²) in [7, 11) is 0. The minimum absolute atomic E-state index is 0.0341. The van der Waals surface area contributed by atoms with Crippen molar-refractivity contribution < 1.29 is 14.7 Å². The summed E-state index contributed by atoms with van der Waals surface area (Å²) in [4.78, 5) is 28.3. The standard InChI is InChI=1S/C20H24N2O3S/c1-13-5-7-15(8-6-13)22-18(24)10-9-16(20(25)21-12-14(2)23)19(22)17-4-3-11-26-17/h3-8,11,14,16,19,23H,9-10,12H2,1-2H3,(H,21,25). The Bertz CT molecular complexity index is 756. The number of piperidine rings is 1. The van der Waals surface area contributed by atoms with Gasteiger partial charge in [0.25, 0.3) is 0 Å². The first-order chi connectivity index (χ1) is 12.5. The Morgan fingerprint density at radius 2 is 2.08 bits per heavy atom. The monoisotopic (exact) mass is 372 g/mol. The molecule has 5 nitrogen and oxygen atoms in total. The summed E-state index contributed by atoms with van der Waals surface area (Å²) in [5.74, 6) is -0.424. The van der Waals surface area contributed by atoms with Crippen molar-refractivity contribution in [3.05, 3.63) is 52.2 Å². The van der Waals surface area contributed by atoms with E-state index in [1.165, 1.54) is 0 Å². The van der Waals surface area contributed by atoms with Gasteiger partial charge in [-0.1, -0.05) is 23.8 Å². The average molecular weight is 372 g/mol. The molecule has 1 aromatic carbocycles. The molecule has 2 heterocycles. The van der Waals surface area contributed by atoms with Gasteiger partial charge in [0.15, 0.2) is 0 Å². The molecule has 2 amide bonds. The quantitative estimate of drug-likeness (QED) is 0.848. The number of benzene rings is 1. The van der Waals surface area contributed by atoms with E-state index in [0.29, 0.717) is 12.8 Å². The van der Waals surface area contributed by atoms with Crippen LogP contribution < -0.4 is 10.2 Å². The van der Waals surface area contributed by atoms with E-state index in [0.717, 1.165) is 16.1 Å². The molecule has 1 aromatic heterocycles. The predicted octanol–water partition coefficient (Wildman–Crippen LogP) is 3.04. The number of aliphatic hydroxyl groups excluding tert-OH is 1. The third-order valence-electron chi connectivity index (χ3n) is 4.65. The fourth-order valence-electron chi connectivity index (χ4n) is 3.34. The van der Waals surface area contributed by atoms with Gasteiger partial charge in [-0.3, -0.25) is 9.59 Å². The van der Waals surface area contributed by atoms with E-state index in [2.05, 4.69) is 5.32 Å². The molecule has 3 rings (SSSR count). The number of thiophene rings is 1. The summed E-state index contributed by atoms with van der Waals surface area (Å²) < 4.78 is 0. The van der Waals surface area contributed by atoms with Gasteiger partial charge in [-0.05, 0) is 43.8 Å². The van der Waals surface area contributed by atoms with Crippen molar-refractivity contribution in [2.75, 3.05) is 11.4 Å². The molecule has 0 radical (unpaired) electrons. The highest BCUT2D eigenvalue weighted by Crippen LogP contribution is 2.41. The number of anilines is 1. The summed E-state index contributed by atoms with van der Waals surface area (Å²) in [5, 5.41) is 14.3. The molecule has 2 N–H and O–H groups in total. The first-order valence-electron chi connectivity index (χ1n) is 8.85. The number of aliphatic hydroxyl groups is 1. The Morgan fingerprint density at radius 1 is 1.35 bits per heavy atom. The summed E-state index contributed by atoms with van der Waals surface area (Å²) in [6.07, 6.45) is 0.246. The molecule has 6 heteroatoms. The van der Waals surface area contributed by atoms with Crippen LogP contribution in [-0.4, -0.2) is 29.6 Å². The molecule has 1 aliphatic rings. The minimum atomic E-state index is -0.599. The second kappa shape index (κ2) is 8.01. The minimum Gasteiger partial charge on any atom is -0.392 e. The van der Waals surface area contributed by atoms with Crippen molar-refractivity contribution in [2.45, 2.75) is 38.8 Å². The molecule has 2 aromatic rings. The van der Waals surface area contributed by atoms with E-state index < -0.39 is 6.10 Å². The Balaban J connectivity index is 1.96. The van der Waals surface area contributed by atoms with Gasteiger partial charge in [-0.15, -0.1) is 11.3 Å². The molecular formula is C20H24N2O3S. The van der Waals surface area contributed by atoms with Gasteiger partial charge in [0.1, 0.15) is 0 Å².